The van der Waals surface area contributed by atoms with Gasteiger partial charge in [0.25, 0.3) is 17.6 Å². The summed E-state index contributed by atoms with van der Waals surface area (Å²) in [5.41, 5.74) is 3.28. The molecule has 14 heteroatoms. The van der Waals surface area contributed by atoms with Crippen LogP contribution in [0.4, 0.5) is 0 Å². The molecule has 0 aromatic heterocycles. The first-order chi connectivity index (χ1) is 24.8. The Hall–Kier alpha value is -5.15. The first kappa shape index (κ1) is 39.6. The van der Waals surface area contributed by atoms with Crippen LogP contribution in [-0.2, 0) is 23.9 Å². The van der Waals surface area contributed by atoms with Crippen molar-refractivity contribution in [3.63, 3.8) is 0 Å². The van der Waals surface area contributed by atoms with E-state index in [9.17, 15) is 39.3 Å². The number of carboxylic acid groups (broad SMARTS) is 2. The van der Waals surface area contributed by atoms with Crippen molar-refractivity contribution in [1.82, 2.24) is 16.0 Å². The SMILES string of the molecule is CC(=O)N[C@H]1[C@H]([C@H](O)[C@H](O)CNC(=O)c2ccc(-c3ccccc3)cc2)O[C@@](OCCCCCC(=O)O)(C(=O)O)C[C@@H]1NC(=O)c1ccc(C)cc1. The summed E-state index contributed by atoms with van der Waals surface area (Å²) < 4.78 is 11.7. The molecule has 0 radical (unpaired) electrons. The van der Waals surface area contributed by atoms with Gasteiger partial charge in [0.05, 0.1) is 24.8 Å². The molecule has 278 valence electrons. The fourth-order valence-corrected chi connectivity index (χ4v) is 5.95. The number of carbonyl (C=O) groups excluding carboxylic acids is 3. The van der Waals surface area contributed by atoms with Gasteiger partial charge in [-0.3, -0.25) is 19.2 Å². The number of rotatable bonds is 17. The predicted molar refractivity (Wildman–Crippen MR) is 188 cm³/mol. The number of carbonyl (C=O) groups is 5. The van der Waals surface area contributed by atoms with Crippen molar-refractivity contribution in [3.05, 3.63) is 95.6 Å². The second kappa shape index (κ2) is 18.4. The van der Waals surface area contributed by atoms with Gasteiger partial charge in [0, 0.05) is 37.4 Å². The molecule has 52 heavy (non-hydrogen) atoms. The lowest BCUT2D eigenvalue weighted by atomic mass is 9.86. The predicted octanol–water partition coefficient (Wildman–Crippen LogP) is 2.65. The highest BCUT2D eigenvalue weighted by Gasteiger charge is 2.56. The maximum Gasteiger partial charge on any atom is 0.364 e. The molecule has 0 saturated carbocycles. The van der Waals surface area contributed by atoms with Gasteiger partial charge in [-0.05, 0) is 55.2 Å². The first-order valence-electron chi connectivity index (χ1n) is 17.0. The Morgan fingerprint density at radius 1 is 0.827 bits per heavy atom. The lowest BCUT2D eigenvalue weighted by Crippen LogP contribution is -2.71. The number of nitrogens with one attached hydrogen (secondary N) is 3. The molecule has 1 fully saturated rings. The maximum atomic E-state index is 13.4. The topological polar surface area (TPSA) is 221 Å². The number of unbranched alkanes of at least 4 members (excludes halogenated alkanes) is 2. The van der Waals surface area contributed by atoms with E-state index >= 15 is 0 Å². The summed E-state index contributed by atoms with van der Waals surface area (Å²) in [5.74, 6) is -6.76. The Labute approximate surface area is 301 Å². The van der Waals surface area contributed by atoms with E-state index in [0.717, 1.165) is 16.7 Å². The third-order valence-electron chi connectivity index (χ3n) is 8.76. The number of hydrogen-bond donors (Lipinski definition) is 7. The minimum atomic E-state index is -2.46. The van der Waals surface area contributed by atoms with Crippen molar-refractivity contribution in [1.29, 1.82) is 0 Å². The van der Waals surface area contributed by atoms with Gasteiger partial charge < -0.3 is 45.9 Å². The second-order valence-electron chi connectivity index (χ2n) is 12.8. The van der Waals surface area contributed by atoms with Crippen molar-refractivity contribution in [2.24, 2.45) is 0 Å². The standard InChI is InChI=1S/C38H45N3O11/c1-23-12-14-28(15-13-23)36(48)41-29-21-38(37(49)50,51-20-8-4-7-11-31(44)45)52-34(32(29)40-24(2)42)33(46)30(43)22-39-35(47)27-18-16-26(17-19-27)25-9-5-3-6-10-25/h3,5-6,9-10,12-19,29-30,32-34,43,46H,4,7-8,11,20-22H2,1-2H3,(H,39,47)(H,40,42)(H,41,48)(H,44,45)(H,49,50)/t29-,30+,32+,33+,34+,38+/m0/s1. The van der Waals surface area contributed by atoms with Crippen LogP contribution in [-0.4, -0.2) is 99.4 Å². The fraction of sp³-hybridized carbons (Fsp3) is 0.395. The third kappa shape index (κ3) is 10.7. The van der Waals surface area contributed by atoms with Crippen molar-refractivity contribution < 1.29 is 53.9 Å². The zero-order valence-electron chi connectivity index (χ0n) is 29.0. The summed E-state index contributed by atoms with van der Waals surface area (Å²) in [4.78, 5) is 62.5. The van der Waals surface area contributed by atoms with Gasteiger partial charge in [-0.25, -0.2) is 4.79 Å². The Balaban J connectivity index is 1.55. The molecule has 0 unspecified atom stereocenters. The van der Waals surface area contributed by atoms with Crippen molar-refractivity contribution in [2.75, 3.05) is 13.2 Å². The van der Waals surface area contributed by atoms with E-state index in [1.165, 1.54) is 6.92 Å². The summed E-state index contributed by atoms with van der Waals surface area (Å²) in [5, 5.41) is 49.9. The lowest BCUT2D eigenvalue weighted by molar-refractivity contribution is -0.300. The van der Waals surface area contributed by atoms with Crippen LogP contribution < -0.4 is 16.0 Å². The number of hydrogen-bond acceptors (Lipinski definition) is 9. The summed E-state index contributed by atoms with van der Waals surface area (Å²) in [6.07, 6.45) is -4.88. The fourth-order valence-electron chi connectivity index (χ4n) is 5.95. The molecule has 0 spiro atoms. The smallest absolute Gasteiger partial charge is 0.364 e. The van der Waals surface area contributed by atoms with E-state index in [1.807, 2.05) is 37.3 Å². The number of aliphatic hydroxyl groups is 2. The van der Waals surface area contributed by atoms with Gasteiger partial charge in [0.2, 0.25) is 5.91 Å². The Bertz CT molecular complexity index is 1680. The molecule has 0 bridgehead atoms. The summed E-state index contributed by atoms with van der Waals surface area (Å²) in [6, 6.07) is 20.4. The van der Waals surface area contributed by atoms with E-state index in [1.54, 1.807) is 48.5 Å². The molecule has 0 aliphatic carbocycles. The monoisotopic (exact) mass is 719 g/mol. The summed E-state index contributed by atoms with van der Waals surface area (Å²) >= 11 is 0. The minimum absolute atomic E-state index is 0.0756. The summed E-state index contributed by atoms with van der Waals surface area (Å²) in [6.45, 7) is 2.36. The molecule has 1 saturated heterocycles. The number of aryl methyl sites for hydroxylation is 1. The van der Waals surface area contributed by atoms with Crippen LogP contribution in [0, 0.1) is 6.92 Å². The van der Waals surface area contributed by atoms with Crippen LogP contribution in [0.25, 0.3) is 11.1 Å². The average molecular weight is 720 g/mol. The Kier molecular flexibility index (Phi) is 14.0. The quantitative estimate of drug-likeness (QED) is 0.101. The molecule has 3 aromatic rings. The molecule has 3 aromatic carbocycles. The van der Waals surface area contributed by atoms with Crippen molar-refractivity contribution in [2.45, 2.75) is 82.1 Å². The van der Waals surface area contributed by atoms with Crippen LogP contribution in [0.5, 0.6) is 0 Å². The number of benzene rings is 3. The number of aliphatic carboxylic acids is 2. The largest absolute Gasteiger partial charge is 0.481 e. The maximum absolute atomic E-state index is 13.4. The van der Waals surface area contributed by atoms with Crippen LogP contribution in [0.2, 0.25) is 0 Å². The third-order valence-corrected chi connectivity index (χ3v) is 8.76. The van der Waals surface area contributed by atoms with Gasteiger partial charge in [-0.1, -0.05) is 66.6 Å². The Morgan fingerprint density at radius 2 is 1.44 bits per heavy atom. The van der Waals surface area contributed by atoms with Crippen molar-refractivity contribution >= 4 is 29.7 Å². The molecule has 1 heterocycles. The number of amides is 3. The zero-order chi connectivity index (χ0) is 37.8. The van der Waals surface area contributed by atoms with E-state index in [4.69, 9.17) is 14.6 Å². The number of ether oxygens (including phenoxy) is 2. The second-order valence-corrected chi connectivity index (χ2v) is 12.8. The highest BCUT2D eigenvalue weighted by atomic mass is 16.7. The van der Waals surface area contributed by atoms with Crippen LogP contribution in [0.3, 0.4) is 0 Å². The molecule has 14 nitrogen and oxygen atoms in total. The Morgan fingerprint density at radius 3 is 2.06 bits per heavy atom. The van der Waals surface area contributed by atoms with E-state index in [-0.39, 0.29) is 30.6 Å². The van der Waals surface area contributed by atoms with E-state index < -0.39 is 78.8 Å². The van der Waals surface area contributed by atoms with Gasteiger partial charge in [-0.2, -0.15) is 0 Å². The van der Waals surface area contributed by atoms with Crippen LogP contribution >= 0.6 is 0 Å². The molecule has 7 N–H and O–H groups in total. The van der Waals surface area contributed by atoms with E-state index in [2.05, 4.69) is 16.0 Å². The first-order valence-corrected chi connectivity index (χ1v) is 17.0. The highest BCUT2D eigenvalue weighted by Crippen LogP contribution is 2.34. The molecular formula is C38H45N3O11. The van der Waals surface area contributed by atoms with Crippen LogP contribution in [0.15, 0.2) is 78.9 Å². The number of carboxylic acids is 2. The zero-order valence-corrected chi connectivity index (χ0v) is 29.0. The number of aliphatic hydroxyl groups excluding tert-OH is 2. The van der Waals surface area contributed by atoms with Gasteiger partial charge in [0.1, 0.15) is 12.2 Å². The minimum Gasteiger partial charge on any atom is -0.481 e. The molecule has 1 aliphatic rings. The molecule has 4 rings (SSSR count). The highest BCUT2D eigenvalue weighted by molar-refractivity contribution is 5.95. The molecule has 6 atom stereocenters. The van der Waals surface area contributed by atoms with E-state index in [0.29, 0.717) is 12.8 Å². The molecule has 3 amide bonds. The van der Waals surface area contributed by atoms with Crippen molar-refractivity contribution in [3.8, 4) is 11.1 Å². The lowest BCUT2D eigenvalue weighted by Gasteiger charge is -2.48. The normalized spacial score (nSPS) is 21.0. The molecule has 1 aliphatic heterocycles. The van der Waals surface area contributed by atoms with Crippen LogP contribution in [0.1, 0.15) is 65.3 Å². The molecular weight excluding hydrogens is 674 g/mol. The van der Waals surface area contributed by atoms with Gasteiger partial charge in [0.15, 0.2) is 0 Å². The van der Waals surface area contributed by atoms with Gasteiger partial charge in [-0.15, -0.1) is 0 Å². The van der Waals surface area contributed by atoms with Gasteiger partial charge >= 0.3 is 11.9 Å². The average Bonchev–Trinajstić information content (AvgIpc) is 3.12. The summed E-state index contributed by atoms with van der Waals surface area (Å²) in [7, 11) is 0.